The van der Waals surface area contributed by atoms with E-state index in [2.05, 4.69) is 5.32 Å². The van der Waals surface area contributed by atoms with Gasteiger partial charge in [0.15, 0.2) is 0 Å². The lowest BCUT2D eigenvalue weighted by molar-refractivity contribution is -0.140. The highest BCUT2D eigenvalue weighted by atomic mass is 35.5. The van der Waals surface area contributed by atoms with E-state index in [1.54, 1.807) is 28.0 Å². The van der Waals surface area contributed by atoms with E-state index >= 15 is 0 Å². The number of rotatable bonds is 3. The van der Waals surface area contributed by atoms with Gasteiger partial charge in [-0.05, 0) is 12.1 Å². The molecule has 0 radical (unpaired) electrons. The second-order valence-electron chi connectivity index (χ2n) is 5.21. The van der Waals surface area contributed by atoms with Crippen molar-refractivity contribution in [2.75, 3.05) is 31.5 Å². The number of hydrogen-bond acceptors (Lipinski definition) is 3. The Morgan fingerprint density at radius 2 is 1.70 bits per heavy atom. The van der Waals surface area contributed by atoms with Crippen LogP contribution in [0.1, 0.15) is 13.3 Å². The highest BCUT2D eigenvalue weighted by Gasteiger charge is 2.24. The Kier molecular flexibility index (Phi) is 5.85. The maximum Gasteiger partial charge on any atom is 0.233 e. The Balaban J connectivity index is 1.87. The van der Waals surface area contributed by atoms with Gasteiger partial charge < -0.3 is 15.1 Å². The van der Waals surface area contributed by atoms with Crippen LogP contribution in [0.5, 0.6) is 0 Å². The molecular formula is C15H17Cl2N3O3. The molecular weight excluding hydrogens is 341 g/mol. The Bertz CT molecular complexity index is 628. The Morgan fingerprint density at radius 3 is 2.30 bits per heavy atom. The zero-order chi connectivity index (χ0) is 17.0. The number of benzene rings is 1. The molecule has 1 saturated heterocycles. The molecule has 1 fully saturated rings. The van der Waals surface area contributed by atoms with E-state index in [9.17, 15) is 14.4 Å². The number of halogens is 2. The molecule has 8 heteroatoms. The van der Waals surface area contributed by atoms with Crippen molar-refractivity contribution in [2.24, 2.45) is 0 Å². The summed E-state index contributed by atoms with van der Waals surface area (Å²) in [6.07, 6.45) is -0.275. The molecule has 2 rings (SSSR count). The zero-order valence-electron chi connectivity index (χ0n) is 12.6. The average Bonchev–Trinajstić information content (AvgIpc) is 2.52. The van der Waals surface area contributed by atoms with Crippen LogP contribution in [-0.4, -0.2) is 53.7 Å². The summed E-state index contributed by atoms with van der Waals surface area (Å²) in [6, 6.07) is 4.88. The van der Waals surface area contributed by atoms with Gasteiger partial charge in [0.2, 0.25) is 17.7 Å². The van der Waals surface area contributed by atoms with Gasteiger partial charge in [-0.3, -0.25) is 14.4 Å². The van der Waals surface area contributed by atoms with Crippen LogP contribution in [0.15, 0.2) is 18.2 Å². The van der Waals surface area contributed by atoms with Gasteiger partial charge in [0.05, 0.1) is 15.7 Å². The average molecular weight is 358 g/mol. The summed E-state index contributed by atoms with van der Waals surface area (Å²) >= 11 is 11.9. The van der Waals surface area contributed by atoms with Crippen molar-refractivity contribution in [3.05, 3.63) is 28.2 Å². The van der Waals surface area contributed by atoms with Crippen LogP contribution >= 0.6 is 23.2 Å². The predicted molar refractivity (Wildman–Crippen MR) is 88.5 cm³/mol. The van der Waals surface area contributed by atoms with E-state index in [1.165, 1.54) is 6.92 Å². The summed E-state index contributed by atoms with van der Waals surface area (Å²) in [5, 5.41) is 3.15. The Hall–Kier alpha value is -1.79. The molecule has 0 aromatic heterocycles. The lowest BCUT2D eigenvalue weighted by Crippen LogP contribution is -2.50. The quantitative estimate of drug-likeness (QED) is 0.841. The molecule has 0 unspecified atom stereocenters. The van der Waals surface area contributed by atoms with Crippen molar-refractivity contribution in [3.8, 4) is 0 Å². The maximum atomic E-state index is 12.1. The molecule has 0 aliphatic carbocycles. The van der Waals surface area contributed by atoms with E-state index in [0.29, 0.717) is 36.9 Å². The molecule has 1 N–H and O–H groups in total. The summed E-state index contributed by atoms with van der Waals surface area (Å²) < 4.78 is 0. The molecule has 1 aromatic carbocycles. The Morgan fingerprint density at radius 1 is 1.09 bits per heavy atom. The molecule has 23 heavy (non-hydrogen) atoms. The first kappa shape index (κ1) is 17.6. The standard InChI is InChI=1S/C15H17Cl2N3O3/c1-10(21)19-5-7-20(8-6-19)14(23)9-13(22)18-12-4-2-3-11(16)15(12)17/h2-4H,5-9H2,1H3,(H,18,22). The molecule has 1 aliphatic heterocycles. The predicted octanol–water partition coefficient (Wildman–Crippen LogP) is 2.01. The van der Waals surface area contributed by atoms with E-state index in [-0.39, 0.29) is 23.3 Å². The number of nitrogens with zero attached hydrogens (tertiary/aromatic N) is 2. The molecule has 1 aromatic rings. The van der Waals surface area contributed by atoms with Gasteiger partial charge in [0.25, 0.3) is 0 Å². The van der Waals surface area contributed by atoms with Gasteiger partial charge >= 0.3 is 0 Å². The smallest absolute Gasteiger partial charge is 0.233 e. The number of hydrogen-bond donors (Lipinski definition) is 1. The molecule has 0 atom stereocenters. The number of carbonyl (C=O) groups excluding carboxylic acids is 3. The van der Waals surface area contributed by atoms with Crippen LogP contribution in [0.2, 0.25) is 10.0 Å². The van der Waals surface area contributed by atoms with Crippen LogP contribution in [0.25, 0.3) is 0 Å². The second kappa shape index (κ2) is 7.66. The molecule has 1 heterocycles. The van der Waals surface area contributed by atoms with E-state index < -0.39 is 5.91 Å². The topological polar surface area (TPSA) is 69.7 Å². The van der Waals surface area contributed by atoms with E-state index in [1.807, 2.05) is 0 Å². The summed E-state index contributed by atoms with van der Waals surface area (Å²) in [7, 11) is 0. The largest absolute Gasteiger partial charge is 0.339 e. The molecule has 124 valence electrons. The monoisotopic (exact) mass is 357 g/mol. The summed E-state index contributed by atoms with van der Waals surface area (Å²) in [6.45, 7) is 3.35. The number of carbonyl (C=O) groups is 3. The van der Waals surface area contributed by atoms with Gasteiger partial charge in [-0.1, -0.05) is 29.3 Å². The summed E-state index contributed by atoms with van der Waals surface area (Å²) in [5.41, 5.74) is 0.373. The number of anilines is 1. The number of amides is 3. The highest BCUT2D eigenvalue weighted by Crippen LogP contribution is 2.29. The summed E-state index contributed by atoms with van der Waals surface area (Å²) in [4.78, 5) is 38.6. The van der Waals surface area contributed by atoms with Crippen molar-refractivity contribution in [3.63, 3.8) is 0 Å². The normalized spacial score (nSPS) is 14.6. The molecule has 6 nitrogen and oxygen atoms in total. The minimum absolute atomic E-state index is 0.00885. The third-order valence-electron chi connectivity index (χ3n) is 3.62. The first-order chi connectivity index (χ1) is 10.9. The van der Waals surface area contributed by atoms with Crippen molar-refractivity contribution in [2.45, 2.75) is 13.3 Å². The van der Waals surface area contributed by atoms with Gasteiger partial charge in [-0.25, -0.2) is 0 Å². The van der Waals surface area contributed by atoms with Crippen LogP contribution in [0.4, 0.5) is 5.69 Å². The van der Waals surface area contributed by atoms with Crippen molar-refractivity contribution in [1.29, 1.82) is 0 Å². The van der Waals surface area contributed by atoms with Crippen molar-refractivity contribution in [1.82, 2.24) is 9.80 Å². The molecule has 0 bridgehead atoms. The first-order valence-electron chi connectivity index (χ1n) is 7.15. The minimum atomic E-state index is -0.451. The fourth-order valence-corrected chi connectivity index (χ4v) is 2.66. The molecule has 1 aliphatic rings. The fourth-order valence-electron chi connectivity index (χ4n) is 2.31. The Labute approximate surface area is 144 Å². The van der Waals surface area contributed by atoms with Gasteiger partial charge in [-0.2, -0.15) is 0 Å². The highest BCUT2D eigenvalue weighted by molar-refractivity contribution is 6.44. The minimum Gasteiger partial charge on any atom is -0.339 e. The number of piperazine rings is 1. The summed E-state index contributed by atoms with van der Waals surface area (Å²) in [5.74, 6) is -0.734. The lowest BCUT2D eigenvalue weighted by Gasteiger charge is -2.34. The van der Waals surface area contributed by atoms with Crippen molar-refractivity contribution >= 4 is 46.6 Å². The van der Waals surface area contributed by atoms with Gasteiger partial charge in [0, 0.05) is 33.1 Å². The maximum absolute atomic E-state index is 12.1. The van der Waals surface area contributed by atoms with E-state index in [4.69, 9.17) is 23.2 Å². The molecule has 0 saturated carbocycles. The van der Waals surface area contributed by atoms with E-state index in [0.717, 1.165) is 0 Å². The first-order valence-corrected chi connectivity index (χ1v) is 7.91. The zero-order valence-corrected chi connectivity index (χ0v) is 14.2. The second-order valence-corrected chi connectivity index (χ2v) is 6.00. The molecule has 3 amide bonds. The van der Waals surface area contributed by atoms with Crippen LogP contribution in [0, 0.1) is 0 Å². The molecule has 0 spiro atoms. The van der Waals surface area contributed by atoms with Crippen LogP contribution in [0.3, 0.4) is 0 Å². The van der Waals surface area contributed by atoms with Gasteiger partial charge in [-0.15, -0.1) is 0 Å². The fraction of sp³-hybridized carbons (Fsp3) is 0.400. The van der Waals surface area contributed by atoms with Crippen LogP contribution in [-0.2, 0) is 14.4 Å². The lowest BCUT2D eigenvalue weighted by atomic mass is 10.2. The number of nitrogens with one attached hydrogen (secondary N) is 1. The van der Waals surface area contributed by atoms with Crippen molar-refractivity contribution < 1.29 is 14.4 Å². The SMILES string of the molecule is CC(=O)N1CCN(C(=O)CC(=O)Nc2cccc(Cl)c2Cl)CC1. The third-order valence-corrected chi connectivity index (χ3v) is 4.43. The van der Waals surface area contributed by atoms with Gasteiger partial charge in [0.1, 0.15) is 6.42 Å². The third kappa shape index (κ3) is 4.59. The van der Waals surface area contributed by atoms with Crippen LogP contribution < -0.4 is 5.32 Å².